The number of hydrogen-bond acceptors (Lipinski definition) is 4. The monoisotopic (exact) mass is 165 g/mol. The molecule has 4 heteroatoms. The molecule has 0 saturated carbocycles. The van der Waals surface area contributed by atoms with Crippen molar-refractivity contribution < 1.29 is 5.11 Å². The summed E-state index contributed by atoms with van der Waals surface area (Å²) in [5, 5.41) is 12.6. The lowest BCUT2D eigenvalue weighted by atomic mass is 9.99. The summed E-state index contributed by atoms with van der Waals surface area (Å²) < 4.78 is 0. The van der Waals surface area contributed by atoms with Crippen molar-refractivity contribution >= 4 is 0 Å². The van der Waals surface area contributed by atoms with Gasteiger partial charge in [0.2, 0.25) is 0 Å². The third-order valence-electron chi connectivity index (χ3n) is 2.19. The number of rotatable bonds is 1. The second kappa shape index (κ2) is 3.16. The fraction of sp³-hybridized carbons (Fsp3) is 0.500. The van der Waals surface area contributed by atoms with Gasteiger partial charge in [0.15, 0.2) is 0 Å². The molecule has 1 aromatic heterocycles. The highest BCUT2D eigenvalue weighted by molar-refractivity contribution is 5.15. The molecule has 0 aromatic carbocycles. The topological polar surface area (TPSA) is 58.0 Å². The van der Waals surface area contributed by atoms with Crippen LogP contribution in [0.3, 0.4) is 0 Å². The molecule has 2 N–H and O–H groups in total. The van der Waals surface area contributed by atoms with Crippen molar-refractivity contribution in [3.05, 3.63) is 24.3 Å². The van der Waals surface area contributed by atoms with E-state index in [1.165, 1.54) is 6.33 Å². The van der Waals surface area contributed by atoms with Crippen LogP contribution in [0.15, 0.2) is 18.7 Å². The molecule has 12 heavy (non-hydrogen) atoms. The summed E-state index contributed by atoms with van der Waals surface area (Å²) in [5.41, 5.74) is 1.01. The van der Waals surface area contributed by atoms with Crippen LogP contribution in [0.25, 0.3) is 0 Å². The molecule has 0 aliphatic carbocycles. The van der Waals surface area contributed by atoms with Gasteiger partial charge in [0.05, 0.1) is 6.10 Å². The molecule has 2 rings (SSSR count). The summed E-state index contributed by atoms with van der Waals surface area (Å²) in [6, 6.07) is 0. The third-order valence-corrected chi connectivity index (χ3v) is 2.19. The van der Waals surface area contributed by atoms with Crippen LogP contribution in [0.5, 0.6) is 0 Å². The minimum atomic E-state index is -0.295. The van der Waals surface area contributed by atoms with E-state index in [1.807, 2.05) is 0 Å². The summed E-state index contributed by atoms with van der Waals surface area (Å²) in [7, 11) is 0. The van der Waals surface area contributed by atoms with E-state index < -0.39 is 0 Å². The highest BCUT2D eigenvalue weighted by atomic mass is 16.3. The number of aromatic nitrogens is 2. The van der Waals surface area contributed by atoms with Gasteiger partial charge in [-0.25, -0.2) is 9.97 Å². The lowest BCUT2D eigenvalue weighted by molar-refractivity contribution is 0.177. The second-order valence-corrected chi connectivity index (χ2v) is 3.00. The van der Waals surface area contributed by atoms with Gasteiger partial charge >= 0.3 is 0 Å². The summed E-state index contributed by atoms with van der Waals surface area (Å²) in [4.78, 5) is 7.83. The van der Waals surface area contributed by atoms with E-state index in [-0.39, 0.29) is 12.0 Å². The Labute approximate surface area is 70.7 Å². The zero-order chi connectivity index (χ0) is 8.39. The van der Waals surface area contributed by atoms with Crippen molar-refractivity contribution in [2.45, 2.75) is 12.0 Å². The molecule has 64 valence electrons. The zero-order valence-electron chi connectivity index (χ0n) is 6.64. The number of aliphatic hydroxyl groups excluding tert-OH is 1. The Hall–Kier alpha value is -1.00. The van der Waals surface area contributed by atoms with Crippen LogP contribution in [0.1, 0.15) is 11.5 Å². The average Bonchev–Trinajstić information content (AvgIpc) is 2.53. The van der Waals surface area contributed by atoms with Crippen molar-refractivity contribution in [3.63, 3.8) is 0 Å². The molecule has 1 aliphatic rings. The molecule has 1 saturated heterocycles. The van der Waals surface area contributed by atoms with Gasteiger partial charge in [-0.05, 0) is 5.56 Å². The van der Waals surface area contributed by atoms with Crippen LogP contribution >= 0.6 is 0 Å². The number of nitrogens with zero attached hydrogens (tertiary/aromatic N) is 2. The SMILES string of the molecule is OC1CNCC1c1cncnc1. The summed E-state index contributed by atoms with van der Waals surface area (Å²) in [5.74, 6) is 0.159. The molecule has 2 heterocycles. The molecule has 1 aromatic rings. The van der Waals surface area contributed by atoms with Crippen molar-refractivity contribution in [3.8, 4) is 0 Å². The maximum atomic E-state index is 9.52. The zero-order valence-corrected chi connectivity index (χ0v) is 6.64. The first-order valence-corrected chi connectivity index (χ1v) is 4.01. The van der Waals surface area contributed by atoms with E-state index >= 15 is 0 Å². The number of nitrogens with one attached hydrogen (secondary N) is 1. The lowest BCUT2D eigenvalue weighted by Crippen LogP contribution is -2.16. The van der Waals surface area contributed by atoms with Crippen LogP contribution in [0.2, 0.25) is 0 Å². The van der Waals surface area contributed by atoms with Gasteiger partial charge < -0.3 is 10.4 Å². The summed E-state index contributed by atoms with van der Waals surface area (Å²) in [6.45, 7) is 1.48. The lowest BCUT2D eigenvalue weighted by Gasteiger charge is -2.11. The Morgan fingerprint density at radius 1 is 1.33 bits per heavy atom. The van der Waals surface area contributed by atoms with Crippen molar-refractivity contribution in [1.29, 1.82) is 0 Å². The smallest absolute Gasteiger partial charge is 0.115 e. The Morgan fingerprint density at radius 3 is 2.67 bits per heavy atom. The van der Waals surface area contributed by atoms with E-state index in [4.69, 9.17) is 0 Å². The predicted octanol–water partition coefficient (Wildman–Crippen LogP) is -0.476. The fourth-order valence-electron chi connectivity index (χ4n) is 1.51. The van der Waals surface area contributed by atoms with Crippen LogP contribution in [-0.2, 0) is 0 Å². The van der Waals surface area contributed by atoms with Gasteiger partial charge in [-0.1, -0.05) is 0 Å². The van der Waals surface area contributed by atoms with E-state index in [9.17, 15) is 5.11 Å². The highest BCUT2D eigenvalue weighted by Crippen LogP contribution is 2.20. The third kappa shape index (κ3) is 1.31. The van der Waals surface area contributed by atoms with Gasteiger partial charge in [-0.15, -0.1) is 0 Å². The van der Waals surface area contributed by atoms with Crippen LogP contribution in [-0.4, -0.2) is 34.3 Å². The quantitative estimate of drug-likeness (QED) is 0.590. The van der Waals surface area contributed by atoms with E-state index in [0.29, 0.717) is 6.54 Å². The maximum Gasteiger partial charge on any atom is 0.115 e. The standard InChI is InChI=1S/C8H11N3O/c12-8-4-9-3-7(8)6-1-10-5-11-2-6/h1-2,5,7-9,12H,3-4H2. The van der Waals surface area contributed by atoms with Crippen molar-refractivity contribution in [2.24, 2.45) is 0 Å². The Balaban J connectivity index is 2.19. The molecular weight excluding hydrogens is 154 g/mol. The van der Waals surface area contributed by atoms with Gasteiger partial charge in [-0.3, -0.25) is 0 Å². The first-order valence-electron chi connectivity index (χ1n) is 4.01. The molecule has 2 atom stereocenters. The van der Waals surface area contributed by atoms with Crippen LogP contribution in [0.4, 0.5) is 0 Å². The molecule has 0 spiro atoms. The van der Waals surface area contributed by atoms with Gasteiger partial charge in [0.25, 0.3) is 0 Å². The molecular formula is C8H11N3O. The van der Waals surface area contributed by atoms with Crippen molar-refractivity contribution in [2.75, 3.05) is 13.1 Å². The predicted molar refractivity (Wildman–Crippen MR) is 43.6 cm³/mol. The fourth-order valence-corrected chi connectivity index (χ4v) is 1.51. The first-order chi connectivity index (χ1) is 5.88. The minimum Gasteiger partial charge on any atom is -0.391 e. The summed E-state index contributed by atoms with van der Waals surface area (Å²) in [6.07, 6.45) is 4.72. The minimum absolute atomic E-state index is 0.159. The molecule has 2 unspecified atom stereocenters. The van der Waals surface area contributed by atoms with E-state index in [1.54, 1.807) is 12.4 Å². The van der Waals surface area contributed by atoms with Gasteiger partial charge in [0, 0.05) is 31.4 Å². The van der Waals surface area contributed by atoms with E-state index in [0.717, 1.165) is 12.1 Å². The highest BCUT2D eigenvalue weighted by Gasteiger charge is 2.26. The average molecular weight is 165 g/mol. The normalized spacial score (nSPS) is 29.1. The van der Waals surface area contributed by atoms with Gasteiger partial charge in [0.1, 0.15) is 6.33 Å². The Morgan fingerprint density at radius 2 is 2.08 bits per heavy atom. The maximum absolute atomic E-state index is 9.52. The Bertz CT molecular complexity index is 252. The van der Waals surface area contributed by atoms with Gasteiger partial charge in [-0.2, -0.15) is 0 Å². The summed E-state index contributed by atoms with van der Waals surface area (Å²) >= 11 is 0. The van der Waals surface area contributed by atoms with Crippen LogP contribution in [0, 0.1) is 0 Å². The Kier molecular flexibility index (Phi) is 2.01. The van der Waals surface area contributed by atoms with Crippen LogP contribution < -0.4 is 5.32 Å². The van der Waals surface area contributed by atoms with E-state index in [2.05, 4.69) is 15.3 Å². The number of hydrogen-bond donors (Lipinski definition) is 2. The molecule has 4 nitrogen and oxygen atoms in total. The molecule has 1 aliphatic heterocycles. The number of β-amino-alcohol motifs (C(OH)–C–C–N with tert-alkyl or cyclic N) is 1. The largest absolute Gasteiger partial charge is 0.391 e. The molecule has 0 amide bonds. The number of aliphatic hydroxyl groups is 1. The van der Waals surface area contributed by atoms with Crippen molar-refractivity contribution in [1.82, 2.24) is 15.3 Å². The second-order valence-electron chi connectivity index (χ2n) is 3.00. The molecule has 0 bridgehead atoms. The molecule has 0 radical (unpaired) electrons. The first kappa shape index (κ1) is 7.64. The molecule has 1 fully saturated rings.